The van der Waals surface area contributed by atoms with Gasteiger partial charge >= 0.3 is 0 Å². The summed E-state index contributed by atoms with van der Waals surface area (Å²) in [6.07, 6.45) is 5.21. The van der Waals surface area contributed by atoms with E-state index in [0.717, 1.165) is 38.0 Å². The normalized spacial score (nSPS) is 22.5. The average Bonchev–Trinajstić information content (AvgIpc) is 3.12. The topological polar surface area (TPSA) is 50.1 Å². The zero-order chi connectivity index (χ0) is 13.9. The van der Waals surface area contributed by atoms with Crippen molar-refractivity contribution in [3.8, 4) is 10.6 Å². The Hall–Kier alpha value is -1.17. The fraction of sp³-hybridized carbons (Fsp3) is 0.533. The van der Waals surface area contributed by atoms with Crippen molar-refractivity contribution in [2.24, 2.45) is 13.0 Å². The maximum atomic E-state index is 9.84. The molecule has 108 valence electrons. The van der Waals surface area contributed by atoms with Crippen LogP contribution in [-0.2, 0) is 13.6 Å². The van der Waals surface area contributed by atoms with E-state index in [9.17, 15) is 5.11 Å². The molecule has 20 heavy (non-hydrogen) atoms. The van der Waals surface area contributed by atoms with Gasteiger partial charge < -0.3 is 10.4 Å². The summed E-state index contributed by atoms with van der Waals surface area (Å²) in [7, 11) is 1.96. The first kappa shape index (κ1) is 13.8. The molecule has 0 bridgehead atoms. The van der Waals surface area contributed by atoms with E-state index < -0.39 is 0 Å². The summed E-state index contributed by atoms with van der Waals surface area (Å²) < 4.78 is 1.87. The van der Waals surface area contributed by atoms with Crippen LogP contribution in [0.15, 0.2) is 23.7 Å². The van der Waals surface area contributed by atoms with Gasteiger partial charge in [-0.15, -0.1) is 11.3 Å². The molecule has 0 spiro atoms. The Bertz CT molecular complexity index is 549. The van der Waals surface area contributed by atoms with Gasteiger partial charge in [-0.2, -0.15) is 5.10 Å². The molecule has 3 rings (SSSR count). The van der Waals surface area contributed by atoms with Gasteiger partial charge in [0.25, 0.3) is 0 Å². The molecule has 0 saturated heterocycles. The minimum atomic E-state index is -0.117. The molecule has 2 aromatic heterocycles. The van der Waals surface area contributed by atoms with Crippen molar-refractivity contribution in [1.82, 2.24) is 15.1 Å². The lowest BCUT2D eigenvalue weighted by Crippen LogP contribution is -2.27. The van der Waals surface area contributed by atoms with E-state index in [1.807, 2.05) is 11.7 Å². The van der Waals surface area contributed by atoms with Crippen LogP contribution in [0, 0.1) is 5.92 Å². The molecule has 2 aromatic rings. The van der Waals surface area contributed by atoms with Crippen LogP contribution in [0.3, 0.4) is 0 Å². The molecular formula is C15H21N3OS. The first-order valence-corrected chi connectivity index (χ1v) is 8.07. The largest absolute Gasteiger partial charge is 0.393 e. The number of thiophene rings is 1. The molecule has 2 N–H and O–H groups in total. The third-order valence-electron chi connectivity index (χ3n) is 4.00. The van der Waals surface area contributed by atoms with Crippen molar-refractivity contribution in [3.63, 3.8) is 0 Å². The number of nitrogens with zero attached hydrogens (tertiary/aromatic N) is 2. The number of aliphatic hydroxyl groups is 1. The van der Waals surface area contributed by atoms with E-state index >= 15 is 0 Å². The number of nitrogens with one attached hydrogen (secondary N) is 1. The highest BCUT2D eigenvalue weighted by Gasteiger charge is 2.24. The second-order valence-corrected chi connectivity index (χ2v) is 6.49. The van der Waals surface area contributed by atoms with E-state index in [2.05, 4.69) is 34.1 Å². The number of aromatic nitrogens is 2. The lowest BCUT2D eigenvalue weighted by molar-refractivity contribution is 0.131. The summed E-state index contributed by atoms with van der Waals surface area (Å²) in [6, 6.07) is 4.16. The van der Waals surface area contributed by atoms with E-state index in [-0.39, 0.29) is 6.10 Å². The van der Waals surface area contributed by atoms with Crippen molar-refractivity contribution >= 4 is 11.3 Å². The first-order chi connectivity index (χ1) is 9.74. The van der Waals surface area contributed by atoms with Gasteiger partial charge in [-0.05, 0) is 30.2 Å². The van der Waals surface area contributed by atoms with Gasteiger partial charge in [0.1, 0.15) is 5.69 Å². The molecule has 0 aromatic carbocycles. The number of aryl methyl sites for hydroxylation is 1. The molecule has 1 aliphatic carbocycles. The van der Waals surface area contributed by atoms with Crippen LogP contribution in [0.4, 0.5) is 0 Å². The summed E-state index contributed by atoms with van der Waals surface area (Å²) in [5.41, 5.74) is 2.30. The number of rotatable bonds is 5. The van der Waals surface area contributed by atoms with Gasteiger partial charge in [0.2, 0.25) is 0 Å². The summed E-state index contributed by atoms with van der Waals surface area (Å²) in [4.78, 5) is 1.21. The van der Waals surface area contributed by atoms with E-state index in [1.165, 1.54) is 10.4 Å². The Morgan fingerprint density at radius 2 is 2.40 bits per heavy atom. The van der Waals surface area contributed by atoms with E-state index in [4.69, 9.17) is 0 Å². The Kier molecular flexibility index (Phi) is 4.19. The van der Waals surface area contributed by atoms with Crippen LogP contribution in [0.1, 0.15) is 24.8 Å². The zero-order valence-corrected chi connectivity index (χ0v) is 12.6. The van der Waals surface area contributed by atoms with Crippen molar-refractivity contribution in [2.45, 2.75) is 31.9 Å². The molecule has 2 heterocycles. The molecule has 4 nitrogen and oxygen atoms in total. The number of hydrogen-bond donors (Lipinski definition) is 2. The van der Waals surface area contributed by atoms with Crippen LogP contribution in [0.25, 0.3) is 10.6 Å². The third kappa shape index (κ3) is 2.95. The third-order valence-corrected chi connectivity index (χ3v) is 4.88. The van der Waals surface area contributed by atoms with Crippen LogP contribution in [0.2, 0.25) is 0 Å². The lowest BCUT2D eigenvalue weighted by atomic mass is 10.1. The van der Waals surface area contributed by atoms with Crippen LogP contribution in [-0.4, -0.2) is 27.5 Å². The van der Waals surface area contributed by atoms with Crippen LogP contribution >= 0.6 is 11.3 Å². The molecule has 0 amide bonds. The fourth-order valence-corrected chi connectivity index (χ4v) is 3.68. The van der Waals surface area contributed by atoms with E-state index in [1.54, 1.807) is 11.3 Å². The monoisotopic (exact) mass is 291 g/mol. The number of aliphatic hydroxyl groups excluding tert-OH is 1. The van der Waals surface area contributed by atoms with Gasteiger partial charge in [-0.25, -0.2) is 0 Å². The van der Waals surface area contributed by atoms with Gasteiger partial charge in [0, 0.05) is 31.9 Å². The quantitative estimate of drug-likeness (QED) is 0.889. The van der Waals surface area contributed by atoms with Gasteiger partial charge in [-0.3, -0.25) is 4.68 Å². The minimum Gasteiger partial charge on any atom is -0.393 e. The second-order valence-electron chi connectivity index (χ2n) is 5.54. The van der Waals surface area contributed by atoms with Gasteiger partial charge in [-0.1, -0.05) is 12.5 Å². The highest BCUT2D eigenvalue weighted by atomic mass is 32.1. The highest BCUT2D eigenvalue weighted by molar-refractivity contribution is 7.13. The maximum absolute atomic E-state index is 9.84. The molecule has 0 aliphatic heterocycles. The molecule has 1 aliphatic rings. The van der Waals surface area contributed by atoms with Crippen molar-refractivity contribution in [2.75, 3.05) is 6.54 Å². The average molecular weight is 291 g/mol. The smallest absolute Gasteiger partial charge is 0.107 e. The predicted octanol–water partition coefficient (Wildman–Crippen LogP) is 2.40. The summed E-state index contributed by atoms with van der Waals surface area (Å²) in [5.74, 6) is 0.414. The predicted molar refractivity (Wildman–Crippen MR) is 81.6 cm³/mol. The molecular weight excluding hydrogens is 270 g/mol. The Balaban J connectivity index is 1.63. The Morgan fingerprint density at radius 1 is 1.50 bits per heavy atom. The fourth-order valence-electron chi connectivity index (χ4n) is 2.94. The SMILES string of the molecule is Cn1cc(CNCC2CCCC2O)c(-c2cccs2)n1. The van der Waals surface area contributed by atoms with Gasteiger partial charge in [0.15, 0.2) is 0 Å². The van der Waals surface area contributed by atoms with E-state index in [0.29, 0.717) is 5.92 Å². The molecule has 1 saturated carbocycles. The highest BCUT2D eigenvalue weighted by Crippen LogP contribution is 2.27. The van der Waals surface area contributed by atoms with Crippen LogP contribution < -0.4 is 5.32 Å². The summed E-state index contributed by atoms with van der Waals surface area (Å²) in [5, 5.41) is 20.0. The van der Waals surface area contributed by atoms with Crippen molar-refractivity contribution in [1.29, 1.82) is 0 Å². The van der Waals surface area contributed by atoms with Crippen molar-refractivity contribution in [3.05, 3.63) is 29.3 Å². The lowest BCUT2D eigenvalue weighted by Gasteiger charge is -2.14. The summed E-state index contributed by atoms with van der Waals surface area (Å²) in [6.45, 7) is 1.70. The molecule has 1 fully saturated rings. The second kappa shape index (κ2) is 6.08. The molecule has 2 atom stereocenters. The summed E-state index contributed by atoms with van der Waals surface area (Å²) >= 11 is 1.72. The maximum Gasteiger partial charge on any atom is 0.107 e. The molecule has 5 heteroatoms. The Morgan fingerprint density at radius 3 is 3.10 bits per heavy atom. The number of hydrogen-bond acceptors (Lipinski definition) is 4. The van der Waals surface area contributed by atoms with Gasteiger partial charge in [0.05, 0.1) is 11.0 Å². The molecule has 0 radical (unpaired) electrons. The van der Waals surface area contributed by atoms with Crippen LogP contribution in [0.5, 0.6) is 0 Å². The Labute approximate surface area is 123 Å². The van der Waals surface area contributed by atoms with Crippen molar-refractivity contribution < 1.29 is 5.11 Å². The minimum absolute atomic E-state index is 0.117. The standard InChI is InChI=1S/C15H21N3OS/c1-18-10-12(15(17-18)14-6-3-7-20-14)9-16-8-11-4-2-5-13(11)19/h3,6-7,10-11,13,16,19H,2,4-5,8-9H2,1H3. The molecule has 2 unspecified atom stereocenters. The first-order valence-electron chi connectivity index (χ1n) is 7.19. The zero-order valence-electron chi connectivity index (χ0n) is 11.7.